The number of rotatable bonds is 12. The molecule has 2 atom stereocenters. The summed E-state index contributed by atoms with van der Waals surface area (Å²) < 4.78 is 21.0. The second-order valence-corrected chi connectivity index (χ2v) is 9.19. The Balaban J connectivity index is 1.49. The lowest BCUT2D eigenvalue weighted by atomic mass is 9.95. The summed E-state index contributed by atoms with van der Waals surface area (Å²) >= 11 is 0. The van der Waals surface area contributed by atoms with Gasteiger partial charge < -0.3 is 29.2 Å². The van der Waals surface area contributed by atoms with Crippen molar-refractivity contribution in [2.75, 3.05) is 26.4 Å². The van der Waals surface area contributed by atoms with Crippen molar-refractivity contribution in [2.24, 2.45) is 0 Å². The quantitative estimate of drug-likeness (QED) is 0.156. The molecule has 208 valence electrons. The van der Waals surface area contributed by atoms with E-state index in [0.29, 0.717) is 17.9 Å². The van der Waals surface area contributed by atoms with Crippen LogP contribution in [0.2, 0.25) is 0 Å². The lowest BCUT2D eigenvalue weighted by molar-refractivity contribution is -0.140. The van der Waals surface area contributed by atoms with Crippen molar-refractivity contribution in [2.45, 2.75) is 18.6 Å². The number of hydrogen-bond acceptors (Lipinski definition) is 8. The highest BCUT2D eigenvalue weighted by molar-refractivity contribution is 5.90. The van der Waals surface area contributed by atoms with Gasteiger partial charge in [0.1, 0.15) is 50.1 Å². The van der Waals surface area contributed by atoms with Crippen molar-refractivity contribution in [3.63, 3.8) is 0 Å². The van der Waals surface area contributed by atoms with Crippen LogP contribution in [-0.4, -0.2) is 60.8 Å². The van der Waals surface area contributed by atoms with E-state index >= 15 is 0 Å². The molecule has 41 heavy (non-hydrogen) atoms. The van der Waals surface area contributed by atoms with E-state index in [1.54, 1.807) is 0 Å². The average molecular weight is 553 g/mol. The molecule has 0 saturated heterocycles. The van der Waals surface area contributed by atoms with Crippen molar-refractivity contribution in [1.82, 2.24) is 0 Å². The molecule has 0 aromatic heterocycles. The van der Waals surface area contributed by atoms with Gasteiger partial charge in [-0.2, -0.15) is 0 Å². The van der Waals surface area contributed by atoms with E-state index in [4.69, 9.17) is 31.8 Å². The summed E-state index contributed by atoms with van der Waals surface area (Å²) in [5.41, 5.74) is 2.14. The maximum Gasteiger partial charge on any atom is 0.384 e. The molecule has 0 fully saturated rings. The van der Waals surface area contributed by atoms with Gasteiger partial charge in [-0.1, -0.05) is 48.5 Å². The van der Waals surface area contributed by atoms with Crippen molar-refractivity contribution in [3.05, 3.63) is 83.9 Å². The fraction of sp³-hybridized carbons (Fsp3) is 0.212. The third-order valence-corrected chi connectivity index (χ3v) is 6.20. The van der Waals surface area contributed by atoms with Crippen LogP contribution in [0.3, 0.4) is 0 Å². The first kappa shape index (κ1) is 29.0. The van der Waals surface area contributed by atoms with Gasteiger partial charge in [0.2, 0.25) is 0 Å². The maximum absolute atomic E-state index is 11.1. The molecule has 0 aliphatic heterocycles. The topological polar surface area (TPSA) is 112 Å². The van der Waals surface area contributed by atoms with Gasteiger partial charge in [0, 0.05) is 11.8 Å². The first-order valence-corrected chi connectivity index (χ1v) is 12.8. The van der Waals surface area contributed by atoms with Crippen LogP contribution in [0.1, 0.15) is 11.1 Å². The van der Waals surface area contributed by atoms with Crippen LogP contribution in [0.4, 0.5) is 0 Å². The number of benzene rings is 4. The minimum absolute atomic E-state index is 0.0708. The smallest absolute Gasteiger partial charge is 0.384 e. The highest BCUT2D eigenvalue weighted by Gasteiger charge is 2.12. The van der Waals surface area contributed by atoms with Gasteiger partial charge in [-0.05, 0) is 63.4 Å². The Kier molecular flexibility index (Phi) is 9.80. The first-order valence-electron chi connectivity index (χ1n) is 12.8. The molecule has 0 radical (unpaired) electrons. The van der Waals surface area contributed by atoms with E-state index < -0.39 is 24.1 Å². The summed E-state index contributed by atoms with van der Waals surface area (Å²) in [6.45, 7) is -0.656. The van der Waals surface area contributed by atoms with Gasteiger partial charge in [-0.25, -0.2) is 9.59 Å². The lowest BCUT2D eigenvalue weighted by Gasteiger charge is -2.15. The zero-order valence-electron chi connectivity index (χ0n) is 22.1. The molecule has 8 nitrogen and oxygen atoms in total. The van der Waals surface area contributed by atoms with Crippen LogP contribution in [0.25, 0.3) is 21.5 Å². The van der Waals surface area contributed by atoms with Crippen molar-refractivity contribution >= 4 is 33.5 Å². The van der Waals surface area contributed by atoms with E-state index in [9.17, 15) is 19.8 Å². The molecule has 0 amide bonds. The molecule has 0 saturated carbocycles. The molecule has 0 heterocycles. The molecular formula is C33H28O8. The van der Waals surface area contributed by atoms with E-state index in [1.165, 1.54) is 0 Å². The Morgan fingerprint density at radius 3 is 1.51 bits per heavy atom. The summed E-state index contributed by atoms with van der Waals surface area (Å²) in [7, 11) is 0. The fourth-order valence-corrected chi connectivity index (χ4v) is 4.23. The van der Waals surface area contributed by atoms with Crippen LogP contribution < -0.4 is 9.47 Å². The monoisotopic (exact) mass is 552 g/mol. The number of carbonyl (C=O) groups excluding carboxylic acids is 2. The number of hydrogen-bond donors (Lipinski definition) is 2. The summed E-state index contributed by atoms with van der Waals surface area (Å²) in [5, 5.41) is 24.1. The second kappa shape index (κ2) is 13.9. The number of carbonyl (C=O) groups is 2. The Morgan fingerprint density at radius 1 is 0.659 bits per heavy atom. The SMILES string of the molecule is C#CC(=O)OCC(O)COc1ccc2cccc(Cc3cccc4ccc(OCC(O)COC(=O)C#C)cc34)c2c1. The predicted octanol–water partition coefficient (Wildman–Crippen LogP) is 3.42. The van der Waals surface area contributed by atoms with E-state index in [1.807, 2.05) is 84.6 Å². The third-order valence-electron chi connectivity index (χ3n) is 6.20. The Bertz CT molecular complexity index is 1510. The van der Waals surface area contributed by atoms with E-state index in [0.717, 1.165) is 32.7 Å². The van der Waals surface area contributed by atoms with E-state index in [2.05, 4.69) is 0 Å². The Hall–Kier alpha value is -5.02. The summed E-state index contributed by atoms with van der Waals surface area (Å²) in [6.07, 6.45) is 8.49. The van der Waals surface area contributed by atoms with Gasteiger partial charge in [0.15, 0.2) is 0 Å². The molecule has 0 aliphatic carbocycles. The van der Waals surface area contributed by atoms with Crippen LogP contribution in [0, 0.1) is 24.7 Å². The van der Waals surface area contributed by atoms with Crippen LogP contribution in [0.15, 0.2) is 72.8 Å². The summed E-state index contributed by atoms with van der Waals surface area (Å²) in [5.74, 6) is 3.09. The third kappa shape index (κ3) is 8.00. The Labute approximate surface area is 237 Å². The number of aliphatic hydroxyl groups is 2. The maximum atomic E-state index is 11.1. The molecule has 0 bridgehead atoms. The molecule has 4 aromatic rings. The first-order chi connectivity index (χ1) is 19.9. The zero-order valence-corrected chi connectivity index (χ0v) is 22.1. The molecule has 4 aromatic carbocycles. The van der Waals surface area contributed by atoms with Gasteiger partial charge >= 0.3 is 11.9 Å². The number of esters is 2. The Morgan fingerprint density at radius 2 is 1.10 bits per heavy atom. The molecular weight excluding hydrogens is 524 g/mol. The molecule has 0 spiro atoms. The predicted molar refractivity (Wildman–Crippen MR) is 153 cm³/mol. The van der Waals surface area contributed by atoms with Gasteiger partial charge in [-0.3, -0.25) is 0 Å². The normalized spacial score (nSPS) is 12.1. The number of fused-ring (bicyclic) bond motifs is 2. The van der Waals surface area contributed by atoms with Gasteiger partial charge in [-0.15, -0.1) is 12.8 Å². The highest BCUT2D eigenvalue weighted by atomic mass is 16.6. The van der Waals surface area contributed by atoms with Crippen molar-refractivity contribution in [1.29, 1.82) is 0 Å². The van der Waals surface area contributed by atoms with E-state index in [-0.39, 0.29) is 26.4 Å². The van der Waals surface area contributed by atoms with Crippen molar-refractivity contribution < 1.29 is 38.7 Å². The summed E-state index contributed by atoms with van der Waals surface area (Å²) in [6, 6.07) is 23.5. The molecule has 8 heteroatoms. The van der Waals surface area contributed by atoms with Crippen LogP contribution in [-0.2, 0) is 25.5 Å². The molecule has 2 N–H and O–H groups in total. The lowest BCUT2D eigenvalue weighted by Crippen LogP contribution is -2.24. The highest BCUT2D eigenvalue weighted by Crippen LogP contribution is 2.30. The molecule has 2 unspecified atom stereocenters. The van der Waals surface area contributed by atoms with Crippen molar-refractivity contribution in [3.8, 4) is 36.2 Å². The van der Waals surface area contributed by atoms with Gasteiger partial charge in [0.05, 0.1) is 0 Å². The number of ether oxygens (including phenoxy) is 4. The molecule has 0 aliphatic rings. The standard InChI is InChI=1S/C33H28O8/c1-3-32(36)40-20-26(34)18-38-28-13-11-22-7-5-9-24(30(22)16-28)15-25-10-6-8-23-12-14-29(17-31(23)25)39-19-27(35)21-41-33(37)4-2/h1-2,5-14,16-17,26-27,34-35H,15,18-21H2. The zero-order chi connectivity index (χ0) is 29.2. The van der Waals surface area contributed by atoms with Crippen LogP contribution in [0.5, 0.6) is 11.5 Å². The largest absolute Gasteiger partial charge is 0.491 e. The second-order valence-electron chi connectivity index (χ2n) is 9.19. The molecule has 4 rings (SSSR count). The number of aliphatic hydroxyl groups excluding tert-OH is 2. The summed E-state index contributed by atoms with van der Waals surface area (Å²) in [4.78, 5) is 22.2. The minimum atomic E-state index is -1.02. The minimum Gasteiger partial charge on any atom is -0.491 e. The van der Waals surface area contributed by atoms with Crippen LogP contribution >= 0.6 is 0 Å². The number of terminal acetylenes is 2. The fourth-order valence-electron chi connectivity index (χ4n) is 4.23. The average Bonchev–Trinajstić information content (AvgIpc) is 3.00. The van der Waals surface area contributed by atoms with Gasteiger partial charge in [0.25, 0.3) is 0 Å².